The van der Waals surface area contributed by atoms with Crippen LogP contribution in [0.5, 0.6) is 5.75 Å². The maximum absolute atomic E-state index is 14.4. The number of halogens is 1. The number of aromatic nitrogens is 2. The number of fused-ring (bicyclic) bond motifs is 1. The highest BCUT2D eigenvalue weighted by Crippen LogP contribution is 2.55. The van der Waals surface area contributed by atoms with Gasteiger partial charge in [0.1, 0.15) is 0 Å². The van der Waals surface area contributed by atoms with Crippen LogP contribution < -0.4 is 10.1 Å². The first kappa shape index (κ1) is 18.8. The second-order valence-corrected chi connectivity index (χ2v) is 9.74. The lowest BCUT2D eigenvalue weighted by atomic mass is 9.53. The summed E-state index contributed by atoms with van der Waals surface area (Å²) in [6, 6.07) is 10.5. The maximum Gasteiger partial charge on any atom is 0.288 e. The molecular weight excluding hydrogens is 393 g/mol. The molecule has 2 heterocycles. The summed E-state index contributed by atoms with van der Waals surface area (Å²) < 4.78 is 21.2. The molecule has 160 valence electrons. The number of rotatable bonds is 4. The van der Waals surface area contributed by atoms with Crippen LogP contribution in [0, 0.1) is 23.6 Å². The molecule has 2 aromatic heterocycles. The summed E-state index contributed by atoms with van der Waals surface area (Å²) >= 11 is 0. The van der Waals surface area contributed by atoms with E-state index in [4.69, 9.17) is 9.72 Å². The molecule has 4 saturated carbocycles. The van der Waals surface area contributed by atoms with Gasteiger partial charge in [0, 0.05) is 17.3 Å². The molecule has 4 bridgehead atoms. The van der Waals surface area contributed by atoms with E-state index in [1.807, 2.05) is 28.8 Å². The van der Waals surface area contributed by atoms with Gasteiger partial charge >= 0.3 is 0 Å². The van der Waals surface area contributed by atoms with Crippen LogP contribution in [-0.2, 0) is 0 Å². The van der Waals surface area contributed by atoms with Crippen molar-refractivity contribution in [2.24, 2.45) is 17.8 Å². The minimum atomic E-state index is -0.448. The van der Waals surface area contributed by atoms with Gasteiger partial charge in [0.25, 0.3) is 5.91 Å². The predicted octanol–water partition coefficient (Wildman–Crippen LogP) is 4.85. The second-order valence-electron chi connectivity index (χ2n) is 9.74. The van der Waals surface area contributed by atoms with E-state index >= 15 is 0 Å². The number of ether oxygens (including phenoxy) is 1. The summed E-state index contributed by atoms with van der Waals surface area (Å²) in [6.45, 7) is 0. The molecule has 4 aliphatic carbocycles. The number of pyridine rings is 1. The van der Waals surface area contributed by atoms with Gasteiger partial charge in [-0.2, -0.15) is 0 Å². The van der Waals surface area contributed by atoms with Crippen LogP contribution in [0.15, 0.2) is 42.6 Å². The second kappa shape index (κ2) is 6.81. The van der Waals surface area contributed by atoms with E-state index in [0.29, 0.717) is 17.1 Å². The minimum Gasteiger partial charge on any atom is -0.494 e. The molecule has 4 fully saturated rings. The van der Waals surface area contributed by atoms with Crippen molar-refractivity contribution in [2.75, 3.05) is 7.11 Å². The lowest BCUT2D eigenvalue weighted by Crippen LogP contribution is -2.60. The van der Waals surface area contributed by atoms with Crippen molar-refractivity contribution in [1.29, 1.82) is 0 Å². The van der Waals surface area contributed by atoms with Gasteiger partial charge in [0.2, 0.25) is 5.82 Å². The highest BCUT2D eigenvalue weighted by atomic mass is 19.1. The summed E-state index contributed by atoms with van der Waals surface area (Å²) in [7, 11) is 1.44. The molecule has 0 aliphatic heterocycles. The van der Waals surface area contributed by atoms with Crippen molar-refractivity contribution < 1.29 is 13.9 Å². The average molecular weight is 420 g/mol. The average Bonchev–Trinajstić information content (AvgIpc) is 3.12. The molecule has 1 amide bonds. The highest BCUT2D eigenvalue weighted by molar-refractivity contribution is 5.95. The van der Waals surface area contributed by atoms with E-state index in [0.717, 1.165) is 42.5 Å². The Bertz CT molecular complexity index is 1150. The largest absolute Gasteiger partial charge is 0.494 e. The van der Waals surface area contributed by atoms with E-state index in [1.54, 1.807) is 12.1 Å². The molecule has 0 spiro atoms. The quantitative estimate of drug-likeness (QED) is 0.658. The maximum atomic E-state index is 14.4. The number of amides is 1. The van der Waals surface area contributed by atoms with E-state index in [1.165, 1.54) is 32.4 Å². The third-order valence-electron chi connectivity index (χ3n) is 7.59. The smallest absolute Gasteiger partial charge is 0.288 e. The fourth-order valence-electron chi connectivity index (χ4n) is 6.78. The molecule has 0 atom stereocenters. The summed E-state index contributed by atoms with van der Waals surface area (Å²) in [5.41, 5.74) is 1.91. The number of carbonyl (C=O) groups is 1. The number of nitrogens with zero attached hydrogens (tertiary/aromatic N) is 2. The van der Waals surface area contributed by atoms with Crippen molar-refractivity contribution in [3.05, 3.63) is 54.2 Å². The fourth-order valence-corrected chi connectivity index (χ4v) is 6.78. The van der Waals surface area contributed by atoms with Crippen molar-refractivity contribution in [2.45, 2.75) is 44.1 Å². The topological polar surface area (TPSA) is 55.6 Å². The Balaban J connectivity index is 1.37. The van der Waals surface area contributed by atoms with Crippen LogP contribution in [0.1, 0.15) is 49.1 Å². The van der Waals surface area contributed by atoms with E-state index in [9.17, 15) is 9.18 Å². The molecule has 1 aromatic carbocycles. The van der Waals surface area contributed by atoms with Crippen LogP contribution in [0.25, 0.3) is 16.8 Å². The minimum absolute atomic E-state index is 0.0845. The molecule has 1 N–H and O–H groups in total. The summed E-state index contributed by atoms with van der Waals surface area (Å²) in [5, 5.41) is 3.41. The highest BCUT2D eigenvalue weighted by Gasteiger charge is 2.51. The number of hydrogen-bond acceptors (Lipinski definition) is 3. The number of carbonyl (C=O) groups excluding carboxylic acids is 1. The standard InChI is InChI=1S/C25H26FN3O2/c1-31-21-6-5-18(11-19(21)26)22-20-4-2-3-7-29(20)23(27-22)24(30)28-25-12-15-8-16(13-25)10-17(9-15)14-25/h2-7,11,15-17H,8-10,12-14H2,1H3,(H,28,30). The van der Waals surface area contributed by atoms with Gasteiger partial charge in [-0.1, -0.05) is 6.07 Å². The van der Waals surface area contributed by atoms with Crippen LogP contribution in [0.3, 0.4) is 0 Å². The van der Waals surface area contributed by atoms with Gasteiger partial charge in [-0.3, -0.25) is 9.20 Å². The van der Waals surface area contributed by atoms with Crippen molar-refractivity contribution in [3.8, 4) is 17.0 Å². The van der Waals surface area contributed by atoms with Gasteiger partial charge < -0.3 is 10.1 Å². The molecule has 7 rings (SSSR count). The van der Waals surface area contributed by atoms with Crippen LogP contribution >= 0.6 is 0 Å². The number of nitrogens with one attached hydrogen (secondary N) is 1. The Morgan fingerprint density at radius 1 is 1.13 bits per heavy atom. The first-order valence-corrected chi connectivity index (χ1v) is 11.2. The van der Waals surface area contributed by atoms with Crippen molar-refractivity contribution >= 4 is 11.4 Å². The van der Waals surface area contributed by atoms with Crippen LogP contribution in [0.4, 0.5) is 4.39 Å². The van der Waals surface area contributed by atoms with Crippen LogP contribution in [-0.4, -0.2) is 27.9 Å². The zero-order valence-corrected chi connectivity index (χ0v) is 17.6. The Morgan fingerprint density at radius 2 is 1.84 bits per heavy atom. The SMILES string of the molecule is COc1ccc(-c2nc(C(=O)NC34CC5CC(CC(C5)C3)C4)n3ccccc23)cc1F. The van der Waals surface area contributed by atoms with Crippen LogP contribution in [0.2, 0.25) is 0 Å². The lowest BCUT2D eigenvalue weighted by molar-refractivity contribution is -0.0168. The summed E-state index contributed by atoms with van der Waals surface area (Å²) in [6.07, 6.45) is 9.10. The molecule has 31 heavy (non-hydrogen) atoms. The molecule has 0 radical (unpaired) electrons. The van der Waals surface area contributed by atoms with Crippen molar-refractivity contribution in [1.82, 2.24) is 14.7 Å². The number of imidazole rings is 1. The molecule has 0 saturated heterocycles. The zero-order chi connectivity index (χ0) is 21.2. The third kappa shape index (κ3) is 3.03. The fraction of sp³-hybridized carbons (Fsp3) is 0.440. The Kier molecular flexibility index (Phi) is 4.14. The third-order valence-corrected chi connectivity index (χ3v) is 7.59. The Morgan fingerprint density at radius 3 is 2.48 bits per heavy atom. The lowest BCUT2D eigenvalue weighted by Gasteiger charge is -2.56. The molecule has 4 aliphatic rings. The first-order valence-electron chi connectivity index (χ1n) is 11.2. The summed E-state index contributed by atoms with van der Waals surface area (Å²) in [5.74, 6) is 2.22. The first-order chi connectivity index (χ1) is 15.0. The van der Waals surface area contributed by atoms with Gasteiger partial charge in [0.15, 0.2) is 11.6 Å². The Hall–Kier alpha value is -2.89. The van der Waals surface area contributed by atoms with Gasteiger partial charge in [0.05, 0.1) is 18.3 Å². The Labute approximate surface area is 180 Å². The number of benzene rings is 1. The zero-order valence-electron chi connectivity index (χ0n) is 17.6. The van der Waals surface area contributed by atoms with E-state index in [2.05, 4.69) is 5.32 Å². The molecule has 6 heteroatoms. The predicted molar refractivity (Wildman–Crippen MR) is 116 cm³/mol. The summed E-state index contributed by atoms with van der Waals surface area (Å²) in [4.78, 5) is 18.2. The molecule has 3 aromatic rings. The van der Waals surface area contributed by atoms with E-state index < -0.39 is 5.82 Å². The van der Waals surface area contributed by atoms with E-state index in [-0.39, 0.29) is 17.2 Å². The molecule has 5 nitrogen and oxygen atoms in total. The number of hydrogen-bond donors (Lipinski definition) is 1. The van der Waals surface area contributed by atoms with Crippen molar-refractivity contribution in [3.63, 3.8) is 0 Å². The molecule has 0 unspecified atom stereocenters. The number of methoxy groups -OCH3 is 1. The monoisotopic (exact) mass is 419 g/mol. The normalized spacial score (nSPS) is 28.8. The van der Waals surface area contributed by atoms with Gasteiger partial charge in [-0.05, 0) is 86.6 Å². The van der Waals surface area contributed by atoms with Gasteiger partial charge in [-0.25, -0.2) is 9.37 Å². The van der Waals surface area contributed by atoms with Gasteiger partial charge in [-0.15, -0.1) is 0 Å². The molecular formula is C25H26FN3O2.